The van der Waals surface area contributed by atoms with Crippen molar-refractivity contribution < 1.29 is 37.9 Å². The molecular formula is C43H53ClF2N12O6. The number of halogens is 3. The Morgan fingerprint density at radius 2 is 1.80 bits per heavy atom. The van der Waals surface area contributed by atoms with Crippen LogP contribution in [0.2, 0.25) is 5.02 Å². The second-order valence-electron chi connectivity index (χ2n) is 17.4. The third kappa shape index (κ3) is 10.2. The lowest BCUT2D eigenvalue weighted by molar-refractivity contribution is -0.120. The van der Waals surface area contributed by atoms with Crippen molar-refractivity contribution in [3.8, 4) is 0 Å². The molecule has 4 N–H and O–H groups in total. The SMILES string of the molecule is CN(CCC1CCN(C(=O)c2ccc(Cl)c(N3CCC(=O)NC3=O)c2)CC1)CC1CCC(n2cc(NC(=O)c3cnn4ccc(N5CCC[C@H](NC(=O)O)C5)nc34)c(C(F)F)n2)CC1. The molecule has 3 aliphatic heterocycles. The fraction of sp³-hybridized carbons (Fsp3) is 0.535. The number of aromatic nitrogens is 5. The number of carbonyl (C=O) groups excluding carboxylic acids is 4. The van der Waals surface area contributed by atoms with E-state index in [2.05, 4.69) is 43.1 Å². The fourth-order valence-electron chi connectivity index (χ4n) is 9.49. The minimum absolute atomic E-state index is 0.0618. The molecule has 0 bridgehead atoms. The lowest BCUT2D eigenvalue weighted by atomic mass is 9.85. The van der Waals surface area contributed by atoms with Gasteiger partial charge in [-0.25, -0.2) is 27.9 Å². The number of anilines is 3. The lowest BCUT2D eigenvalue weighted by Crippen LogP contribution is -2.49. The highest BCUT2D eigenvalue weighted by Gasteiger charge is 2.31. The van der Waals surface area contributed by atoms with Crippen LogP contribution in [0.5, 0.6) is 0 Å². The summed E-state index contributed by atoms with van der Waals surface area (Å²) in [5, 5.41) is 25.5. The maximum absolute atomic E-state index is 14.3. The van der Waals surface area contributed by atoms with Gasteiger partial charge >= 0.3 is 12.1 Å². The van der Waals surface area contributed by atoms with Gasteiger partial charge in [0.1, 0.15) is 11.4 Å². The molecule has 8 rings (SSSR count). The minimum Gasteiger partial charge on any atom is -0.465 e. The quantitative estimate of drug-likeness (QED) is 0.122. The summed E-state index contributed by atoms with van der Waals surface area (Å²) in [6.45, 7) is 4.37. The zero-order valence-electron chi connectivity index (χ0n) is 35.6. The predicted molar refractivity (Wildman–Crippen MR) is 233 cm³/mol. The van der Waals surface area contributed by atoms with E-state index < -0.39 is 30.2 Å². The molecule has 342 valence electrons. The molecule has 3 aromatic heterocycles. The Morgan fingerprint density at radius 1 is 1.02 bits per heavy atom. The molecule has 21 heteroatoms. The van der Waals surface area contributed by atoms with Crippen LogP contribution in [-0.4, -0.2) is 128 Å². The van der Waals surface area contributed by atoms with Crippen LogP contribution < -0.4 is 25.8 Å². The number of hydrogen-bond donors (Lipinski definition) is 4. The van der Waals surface area contributed by atoms with Crippen molar-refractivity contribution in [3.63, 3.8) is 0 Å². The Kier molecular flexibility index (Phi) is 13.6. The summed E-state index contributed by atoms with van der Waals surface area (Å²) in [5.74, 6) is 0.376. The molecule has 1 atom stereocenters. The summed E-state index contributed by atoms with van der Waals surface area (Å²) in [5.41, 5.74) is 0.638. The number of amides is 6. The summed E-state index contributed by atoms with van der Waals surface area (Å²) >= 11 is 6.39. The van der Waals surface area contributed by atoms with E-state index in [9.17, 15) is 37.9 Å². The first-order valence-corrected chi connectivity index (χ1v) is 22.3. The van der Waals surface area contributed by atoms with Crippen molar-refractivity contribution in [1.29, 1.82) is 0 Å². The van der Waals surface area contributed by atoms with Crippen LogP contribution in [0.15, 0.2) is 42.9 Å². The van der Waals surface area contributed by atoms with E-state index in [1.807, 2.05) is 9.80 Å². The van der Waals surface area contributed by atoms with Gasteiger partial charge < -0.3 is 30.4 Å². The Hall–Kier alpha value is -5.89. The molecule has 4 aliphatic rings. The van der Waals surface area contributed by atoms with Gasteiger partial charge in [-0.1, -0.05) is 11.6 Å². The summed E-state index contributed by atoms with van der Waals surface area (Å²) < 4.78 is 31.6. The zero-order chi connectivity index (χ0) is 45.1. The van der Waals surface area contributed by atoms with Crippen LogP contribution >= 0.6 is 11.6 Å². The van der Waals surface area contributed by atoms with Crippen LogP contribution in [0.1, 0.15) is 103 Å². The summed E-state index contributed by atoms with van der Waals surface area (Å²) in [6, 6.07) is 5.73. The van der Waals surface area contributed by atoms with Crippen LogP contribution in [-0.2, 0) is 4.79 Å². The number of urea groups is 1. The molecule has 1 saturated carbocycles. The average molecular weight is 907 g/mol. The number of fused-ring (bicyclic) bond motifs is 1. The molecule has 4 fully saturated rings. The van der Waals surface area contributed by atoms with Crippen molar-refractivity contribution in [1.82, 2.24) is 44.8 Å². The fourth-order valence-corrected chi connectivity index (χ4v) is 9.71. The van der Waals surface area contributed by atoms with Gasteiger partial charge in [0.05, 0.1) is 28.6 Å². The molecule has 0 spiro atoms. The molecule has 1 aromatic carbocycles. The van der Waals surface area contributed by atoms with Crippen LogP contribution in [0.3, 0.4) is 0 Å². The van der Waals surface area contributed by atoms with Gasteiger partial charge in [0, 0.05) is 69.7 Å². The molecule has 4 aromatic rings. The molecule has 64 heavy (non-hydrogen) atoms. The Labute approximate surface area is 373 Å². The van der Waals surface area contributed by atoms with Gasteiger partial charge in [-0.2, -0.15) is 10.2 Å². The van der Waals surface area contributed by atoms with Gasteiger partial charge in [-0.05, 0) is 107 Å². The molecule has 1 aliphatic carbocycles. The van der Waals surface area contributed by atoms with Crippen molar-refractivity contribution in [2.75, 3.05) is 68.0 Å². The number of rotatable bonds is 13. The number of nitrogens with one attached hydrogen (secondary N) is 3. The second kappa shape index (κ2) is 19.5. The van der Waals surface area contributed by atoms with Gasteiger partial charge in [0.2, 0.25) is 5.91 Å². The van der Waals surface area contributed by atoms with Crippen LogP contribution in [0.25, 0.3) is 5.65 Å². The zero-order valence-corrected chi connectivity index (χ0v) is 36.4. The number of carbonyl (C=O) groups is 5. The van der Waals surface area contributed by atoms with Crippen molar-refractivity contribution >= 4 is 64.3 Å². The Bertz CT molecular complexity index is 2380. The van der Waals surface area contributed by atoms with Crippen molar-refractivity contribution in [2.45, 2.75) is 82.7 Å². The van der Waals surface area contributed by atoms with Crippen LogP contribution in [0, 0.1) is 11.8 Å². The highest BCUT2D eigenvalue weighted by molar-refractivity contribution is 6.34. The van der Waals surface area contributed by atoms with E-state index in [1.165, 1.54) is 21.8 Å². The highest BCUT2D eigenvalue weighted by Crippen LogP contribution is 2.36. The van der Waals surface area contributed by atoms with Gasteiger partial charge in [0.15, 0.2) is 11.3 Å². The summed E-state index contributed by atoms with van der Waals surface area (Å²) in [4.78, 5) is 74.5. The number of imide groups is 1. The number of nitrogens with zero attached hydrogens (tertiary/aromatic N) is 9. The molecule has 6 amide bonds. The second-order valence-corrected chi connectivity index (χ2v) is 17.8. The number of piperidine rings is 2. The van der Waals surface area contributed by atoms with E-state index in [0.29, 0.717) is 66.5 Å². The lowest BCUT2D eigenvalue weighted by Gasteiger charge is -2.34. The molecule has 6 heterocycles. The largest absolute Gasteiger partial charge is 0.465 e. The smallest absolute Gasteiger partial charge is 0.404 e. The Balaban J connectivity index is 0.794. The van der Waals surface area contributed by atoms with E-state index in [4.69, 9.17) is 11.6 Å². The number of benzene rings is 1. The maximum atomic E-state index is 14.3. The molecule has 3 saturated heterocycles. The standard InChI is InChI=1S/C43H53ClF2N12O6/c1-53(16-10-26-11-17-54(18-12-26)41(61)28-6-9-32(44)34(21-28)56-19-14-36(59)51-42(56)62)23-27-4-7-30(8-5-27)58-25-33(37(52-58)38(45)46)49-40(60)31-22-47-57-20-13-35(50-39(31)57)55-15-2-3-29(24-55)48-43(63)64/h6,9,13,20-22,25-27,29-30,38,48H,2-5,7-8,10-12,14-19,23-24H2,1H3,(H,49,60)(H,63,64)(H,51,59,62)/t27?,29-,30?/m0/s1. The summed E-state index contributed by atoms with van der Waals surface area (Å²) in [6.07, 6.45) is 8.25. The predicted octanol–water partition coefficient (Wildman–Crippen LogP) is 6.06. The minimum atomic E-state index is -2.91. The number of carboxylic acid groups (broad SMARTS) is 1. The topological polar surface area (TPSA) is 203 Å². The average Bonchev–Trinajstić information content (AvgIpc) is 3.91. The van der Waals surface area contributed by atoms with Gasteiger partial charge in [-0.3, -0.25) is 29.3 Å². The van der Waals surface area contributed by atoms with Crippen LogP contribution in [0.4, 0.5) is 35.6 Å². The highest BCUT2D eigenvalue weighted by atomic mass is 35.5. The number of alkyl halides is 2. The van der Waals surface area contributed by atoms with E-state index in [0.717, 1.165) is 64.5 Å². The number of hydrogen-bond acceptors (Lipinski definition) is 10. The van der Waals surface area contributed by atoms with Crippen molar-refractivity contribution in [2.24, 2.45) is 11.8 Å². The third-order valence-corrected chi connectivity index (χ3v) is 13.3. The number of likely N-dealkylation sites (tertiary alicyclic amines) is 1. The summed E-state index contributed by atoms with van der Waals surface area (Å²) in [7, 11) is 2.13. The van der Waals surface area contributed by atoms with E-state index in [-0.39, 0.29) is 53.8 Å². The normalized spacial score (nSPS) is 21.2. The molecule has 0 unspecified atom stereocenters. The monoisotopic (exact) mass is 906 g/mol. The van der Waals surface area contributed by atoms with Crippen molar-refractivity contribution in [3.05, 3.63) is 64.7 Å². The molecular weight excluding hydrogens is 854 g/mol. The maximum Gasteiger partial charge on any atom is 0.404 e. The first-order valence-electron chi connectivity index (χ1n) is 22.0. The first-order chi connectivity index (χ1) is 30.8. The van der Waals surface area contributed by atoms with E-state index >= 15 is 0 Å². The third-order valence-electron chi connectivity index (χ3n) is 13.0. The Morgan fingerprint density at radius 3 is 2.53 bits per heavy atom. The van der Waals surface area contributed by atoms with Gasteiger partial charge in [0.25, 0.3) is 18.2 Å². The van der Waals surface area contributed by atoms with Gasteiger partial charge in [-0.15, -0.1) is 0 Å². The molecule has 0 radical (unpaired) electrons. The first kappa shape index (κ1) is 44.7. The molecule has 18 nitrogen and oxygen atoms in total. The van der Waals surface area contributed by atoms with E-state index in [1.54, 1.807) is 35.1 Å².